The zero-order valence-electron chi connectivity index (χ0n) is 12.8. The fourth-order valence-electron chi connectivity index (χ4n) is 2.13. The maximum absolute atomic E-state index is 12.6. The van der Waals surface area contributed by atoms with Crippen LogP contribution in [-0.2, 0) is 4.74 Å². The minimum Gasteiger partial charge on any atom is -0.462 e. The average Bonchev–Trinajstić information content (AvgIpc) is 3.06. The topological polar surface area (TPSA) is 84.9 Å². The molecule has 0 bridgehead atoms. The number of esters is 1. The zero-order chi connectivity index (χ0) is 16.3. The van der Waals surface area contributed by atoms with Crippen molar-refractivity contribution in [1.82, 2.24) is 15.2 Å². The van der Waals surface area contributed by atoms with Crippen LogP contribution in [0.15, 0.2) is 9.85 Å². The van der Waals surface area contributed by atoms with E-state index in [1.807, 2.05) is 6.92 Å². The average molecular weight is 339 g/mol. The minimum atomic E-state index is -0.405. The first-order valence-electron chi connectivity index (χ1n) is 6.79. The summed E-state index contributed by atoms with van der Waals surface area (Å²) in [4.78, 5) is 27.6. The second-order valence-corrected chi connectivity index (χ2v) is 7.10. The normalized spacial score (nSPS) is 12.2. The van der Waals surface area contributed by atoms with E-state index in [1.54, 1.807) is 26.3 Å². The predicted octanol–water partition coefficient (Wildman–Crippen LogP) is 3.02. The molecule has 0 saturated carbocycles. The van der Waals surface area contributed by atoms with Gasteiger partial charge in [0.1, 0.15) is 5.51 Å². The highest BCUT2D eigenvalue weighted by atomic mass is 32.2. The van der Waals surface area contributed by atoms with Crippen molar-refractivity contribution in [2.24, 2.45) is 0 Å². The van der Waals surface area contributed by atoms with E-state index in [0.717, 1.165) is 4.34 Å². The van der Waals surface area contributed by atoms with Crippen molar-refractivity contribution < 1.29 is 14.3 Å². The molecule has 0 aliphatic carbocycles. The molecular formula is C14H17N3O3S2. The van der Waals surface area contributed by atoms with Crippen LogP contribution in [0, 0.1) is 13.8 Å². The van der Waals surface area contributed by atoms with E-state index in [9.17, 15) is 9.59 Å². The van der Waals surface area contributed by atoms with Crippen molar-refractivity contribution in [2.45, 2.75) is 37.3 Å². The fraction of sp³-hybridized carbons (Fsp3) is 0.429. The molecule has 0 aliphatic rings. The predicted molar refractivity (Wildman–Crippen MR) is 85.8 cm³/mol. The maximum Gasteiger partial charge on any atom is 0.340 e. The van der Waals surface area contributed by atoms with E-state index in [-0.39, 0.29) is 11.0 Å². The Kier molecular flexibility index (Phi) is 5.36. The second-order valence-electron chi connectivity index (χ2n) is 4.67. The highest BCUT2D eigenvalue weighted by Gasteiger charge is 2.26. The molecule has 6 nitrogen and oxygen atoms in total. The molecule has 22 heavy (non-hydrogen) atoms. The first-order chi connectivity index (χ1) is 10.5. The van der Waals surface area contributed by atoms with Gasteiger partial charge in [0.15, 0.2) is 10.1 Å². The molecule has 8 heteroatoms. The number of aromatic nitrogens is 3. The minimum absolute atomic E-state index is 0.0728. The van der Waals surface area contributed by atoms with Gasteiger partial charge in [0.2, 0.25) is 0 Å². The van der Waals surface area contributed by atoms with E-state index in [0.29, 0.717) is 29.1 Å². The van der Waals surface area contributed by atoms with Crippen LogP contribution in [-0.4, -0.2) is 38.8 Å². The first-order valence-corrected chi connectivity index (χ1v) is 8.54. The summed E-state index contributed by atoms with van der Waals surface area (Å²) in [7, 11) is 0. The van der Waals surface area contributed by atoms with E-state index in [4.69, 9.17) is 4.74 Å². The summed E-state index contributed by atoms with van der Waals surface area (Å²) < 4.78 is 5.78. The molecule has 118 valence electrons. The molecule has 0 amide bonds. The molecule has 1 atom stereocenters. The number of hydrogen-bond donors (Lipinski definition) is 1. The molecule has 0 aromatic carbocycles. The van der Waals surface area contributed by atoms with Crippen LogP contribution in [0.3, 0.4) is 0 Å². The van der Waals surface area contributed by atoms with Crippen LogP contribution < -0.4 is 0 Å². The maximum atomic E-state index is 12.6. The number of hydrogen-bond acceptors (Lipinski definition) is 7. The number of Topliss-reactive ketones (excluding diaryl/α,β-unsaturated/α-hetero) is 1. The lowest BCUT2D eigenvalue weighted by Gasteiger charge is -2.07. The van der Waals surface area contributed by atoms with Gasteiger partial charge in [0, 0.05) is 5.69 Å². The largest absolute Gasteiger partial charge is 0.462 e. The number of carbonyl (C=O) groups is 2. The molecule has 0 radical (unpaired) electrons. The van der Waals surface area contributed by atoms with Crippen molar-refractivity contribution in [3.05, 3.63) is 28.0 Å². The summed E-state index contributed by atoms with van der Waals surface area (Å²) in [5.74, 6) is -0.478. The number of thioether (sulfide) groups is 1. The van der Waals surface area contributed by atoms with E-state index in [2.05, 4.69) is 15.2 Å². The van der Waals surface area contributed by atoms with Crippen LogP contribution in [0.2, 0.25) is 0 Å². The number of H-pyrrole nitrogens is 1. The quantitative estimate of drug-likeness (QED) is 0.495. The number of carbonyl (C=O) groups excluding carboxylic acids is 2. The van der Waals surface area contributed by atoms with Gasteiger partial charge in [-0.25, -0.2) is 4.79 Å². The van der Waals surface area contributed by atoms with Gasteiger partial charge in [-0.05, 0) is 33.3 Å². The van der Waals surface area contributed by atoms with Gasteiger partial charge in [0.25, 0.3) is 0 Å². The van der Waals surface area contributed by atoms with Gasteiger partial charge in [-0.3, -0.25) is 4.79 Å². The molecule has 2 heterocycles. The van der Waals surface area contributed by atoms with Crippen LogP contribution >= 0.6 is 23.1 Å². The Bertz CT molecular complexity index is 680. The highest BCUT2D eigenvalue weighted by Crippen LogP contribution is 2.28. The second kappa shape index (κ2) is 7.06. The third kappa shape index (κ3) is 3.38. The summed E-state index contributed by atoms with van der Waals surface area (Å²) in [5, 5.41) is 7.36. The molecule has 2 aromatic rings. The van der Waals surface area contributed by atoms with Gasteiger partial charge >= 0.3 is 5.97 Å². The Balaban J connectivity index is 2.23. The van der Waals surface area contributed by atoms with Gasteiger partial charge in [0.05, 0.1) is 23.1 Å². The molecule has 2 rings (SSSR count). The first kappa shape index (κ1) is 16.7. The lowest BCUT2D eigenvalue weighted by Crippen LogP contribution is -2.15. The lowest BCUT2D eigenvalue weighted by molar-refractivity contribution is 0.0525. The monoisotopic (exact) mass is 339 g/mol. The molecule has 0 spiro atoms. The number of ketones is 1. The van der Waals surface area contributed by atoms with Gasteiger partial charge < -0.3 is 9.72 Å². The third-order valence-corrected chi connectivity index (χ3v) is 5.06. The number of aromatic amines is 1. The Hall–Kier alpha value is -1.67. The molecular weight excluding hydrogens is 322 g/mol. The van der Waals surface area contributed by atoms with Crippen LogP contribution in [0.1, 0.15) is 46.0 Å². The molecule has 0 aliphatic heterocycles. The summed E-state index contributed by atoms with van der Waals surface area (Å²) in [5.41, 5.74) is 3.80. The summed E-state index contributed by atoms with van der Waals surface area (Å²) in [6.45, 7) is 7.38. The molecule has 1 N–H and O–H groups in total. The van der Waals surface area contributed by atoms with Gasteiger partial charge in [-0.15, -0.1) is 10.2 Å². The van der Waals surface area contributed by atoms with Crippen molar-refractivity contribution >= 4 is 34.9 Å². The van der Waals surface area contributed by atoms with Gasteiger partial charge in [-0.1, -0.05) is 23.1 Å². The molecule has 2 aromatic heterocycles. The highest BCUT2D eigenvalue weighted by molar-refractivity contribution is 8.02. The third-order valence-electron chi connectivity index (χ3n) is 3.15. The molecule has 0 fully saturated rings. The number of aryl methyl sites for hydroxylation is 1. The van der Waals surface area contributed by atoms with Crippen LogP contribution in [0.4, 0.5) is 0 Å². The van der Waals surface area contributed by atoms with E-state index in [1.165, 1.54) is 23.1 Å². The summed E-state index contributed by atoms with van der Waals surface area (Å²) in [6, 6.07) is 0. The lowest BCUT2D eigenvalue weighted by atomic mass is 10.1. The van der Waals surface area contributed by atoms with Crippen LogP contribution in [0.25, 0.3) is 0 Å². The van der Waals surface area contributed by atoms with Crippen molar-refractivity contribution in [3.8, 4) is 0 Å². The Morgan fingerprint density at radius 1 is 1.45 bits per heavy atom. The van der Waals surface area contributed by atoms with Crippen molar-refractivity contribution in [1.29, 1.82) is 0 Å². The SMILES string of the molecule is CCOC(=O)c1c(C)[nH]c(C(=O)C(C)Sc2nncs2)c1C. The van der Waals surface area contributed by atoms with Crippen LogP contribution in [0.5, 0.6) is 0 Å². The molecule has 1 unspecified atom stereocenters. The Labute approximate surface area is 136 Å². The van der Waals surface area contributed by atoms with Crippen molar-refractivity contribution in [2.75, 3.05) is 6.61 Å². The number of nitrogens with one attached hydrogen (secondary N) is 1. The number of ether oxygens (including phenoxy) is 1. The smallest absolute Gasteiger partial charge is 0.340 e. The Morgan fingerprint density at radius 3 is 2.77 bits per heavy atom. The standard InChI is InChI=1S/C14H17N3O3S2/c1-5-20-13(19)10-7(2)11(16-8(10)3)12(18)9(4)22-14-17-15-6-21-14/h6,9,16H,5H2,1-4H3. The fourth-order valence-corrected chi connectivity index (χ4v) is 3.81. The zero-order valence-corrected chi connectivity index (χ0v) is 14.4. The van der Waals surface area contributed by atoms with Crippen molar-refractivity contribution in [3.63, 3.8) is 0 Å². The summed E-state index contributed by atoms with van der Waals surface area (Å²) >= 11 is 2.75. The summed E-state index contributed by atoms with van der Waals surface area (Å²) in [6.07, 6.45) is 0. The molecule has 0 saturated heterocycles. The van der Waals surface area contributed by atoms with E-state index >= 15 is 0 Å². The number of rotatable bonds is 6. The van der Waals surface area contributed by atoms with Gasteiger partial charge in [-0.2, -0.15) is 0 Å². The number of nitrogens with zero attached hydrogens (tertiary/aromatic N) is 2. The van der Waals surface area contributed by atoms with E-state index < -0.39 is 5.97 Å². The Morgan fingerprint density at radius 2 is 2.18 bits per heavy atom.